The van der Waals surface area contributed by atoms with E-state index >= 15 is 0 Å². The number of carbonyl (C=O) groups is 3. The largest absolute Gasteiger partial charge is 0.360 e. The minimum Gasteiger partial charge on any atom is -0.360 e. The molecular weight excluding hydrogens is 458 g/mol. The molecule has 10 heteroatoms. The van der Waals surface area contributed by atoms with Crippen molar-refractivity contribution in [3.8, 4) is 0 Å². The van der Waals surface area contributed by atoms with Gasteiger partial charge in [0.1, 0.15) is 12.1 Å². The van der Waals surface area contributed by atoms with Gasteiger partial charge in [-0.15, -0.1) is 12.4 Å². The molecule has 176 valence electrons. The van der Waals surface area contributed by atoms with Crippen LogP contribution in [0.3, 0.4) is 0 Å². The van der Waals surface area contributed by atoms with E-state index in [9.17, 15) is 19.2 Å². The number of likely N-dealkylation sites (N-methyl/N-ethyl adjacent to an activating group) is 2. The smallest absolute Gasteiger partial charge is 0.261 e. The first-order valence-electron chi connectivity index (χ1n) is 10.3. The lowest BCUT2D eigenvalue weighted by Gasteiger charge is -2.16. The predicted molar refractivity (Wildman–Crippen MR) is 134 cm³/mol. The Labute approximate surface area is 201 Å². The van der Waals surface area contributed by atoms with Crippen LogP contribution in [0.4, 0.5) is 5.69 Å². The number of rotatable bonds is 6. The minimum atomic E-state index is -0.553. The SMILES string of the molecule is CNCC(=O)N(C)CC(=O)n1ccc2ccc(NC(=O)c3c[nH]c4ccccc4c3=O)cc21.Cl. The van der Waals surface area contributed by atoms with Crippen LogP contribution in [0.15, 0.2) is 65.7 Å². The van der Waals surface area contributed by atoms with Crippen LogP contribution in [0, 0.1) is 0 Å². The molecule has 0 saturated carbocycles. The van der Waals surface area contributed by atoms with Gasteiger partial charge in [-0.25, -0.2) is 0 Å². The van der Waals surface area contributed by atoms with Gasteiger partial charge >= 0.3 is 0 Å². The van der Waals surface area contributed by atoms with Crippen LogP contribution in [0.2, 0.25) is 0 Å². The molecule has 0 aliphatic carbocycles. The van der Waals surface area contributed by atoms with E-state index in [2.05, 4.69) is 15.6 Å². The van der Waals surface area contributed by atoms with Crippen molar-refractivity contribution in [2.45, 2.75) is 0 Å². The predicted octanol–water partition coefficient (Wildman–Crippen LogP) is 2.47. The van der Waals surface area contributed by atoms with Gasteiger partial charge < -0.3 is 20.5 Å². The summed E-state index contributed by atoms with van der Waals surface area (Å²) >= 11 is 0. The third-order valence-electron chi connectivity index (χ3n) is 5.38. The number of aromatic amines is 1. The summed E-state index contributed by atoms with van der Waals surface area (Å²) in [5.41, 5.74) is 1.29. The van der Waals surface area contributed by atoms with E-state index in [0.29, 0.717) is 22.1 Å². The van der Waals surface area contributed by atoms with Crippen molar-refractivity contribution in [2.24, 2.45) is 0 Å². The number of halogens is 1. The zero-order valence-corrected chi connectivity index (χ0v) is 19.4. The molecule has 2 heterocycles. The molecule has 0 spiro atoms. The van der Waals surface area contributed by atoms with E-state index in [1.54, 1.807) is 68.8 Å². The Morgan fingerprint density at radius 1 is 1.09 bits per heavy atom. The molecule has 4 rings (SSSR count). The highest BCUT2D eigenvalue weighted by atomic mass is 35.5. The molecule has 2 aromatic heterocycles. The third-order valence-corrected chi connectivity index (χ3v) is 5.38. The number of anilines is 1. The third kappa shape index (κ3) is 4.85. The number of hydrogen-bond donors (Lipinski definition) is 3. The fourth-order valence-electron chi connectivity index (χ4n) is 3.61. The number of fused-ring (bicyclic) bond motifs is 2. The van der Waals surface area contributed by atoms with Gasteiger partial charge in [-0.3, -0.25) is 23.7 Å². The number of hydrogen-bond acceptors (Lipinski definition) is 5. The van der Waals surface area contributed by atoms with Crippen molar-refractivity contribution in [1.82, 2.24) is 19.8 Å². The Morgan fingerprint density at radius 3 is 2.62 bits per heavy atom. The van der Waals surface area contributed by atoms with E-state index in [4.69, 9.17) is 0 Å². The molecular formula is C24H24ClN5O4. The van der Waals surface area contributed by atoms with Gasteiger partial charge in [0.15, 0.2) is 0 Å². The number of nitrogens with one attached hydrogen (secondary N) is 3. The molecule has 0 unspecified atom stereocenters. The van der Waals surface area contributed by atoms with Crippen LogP contribution in [-0.4, -0.2) is 59.4 Å². The highest BCUT2D eigenvalue weighted by Gasteiger charge is 2.17. The zero-order valence-electron chi connectivity index (χ0n) is 18.6. The van der Waals surface area contributed by atoms with Gasteiger partial charge in [-0.05, 0) is 37.4 Å². The topological polar surface area (TPSA) is 116 Å². The average Bonchev–Trinajstić information content (AvgIpc) is 3.23. The van der Waals surface area contributed by atoms with Crippen molar-refractivity contribution in [1.29, 1.82) is 0 Å². The maximum absolute atomic E-state index is 12.8. The Hall–Kier alpha value is -3.95. The maximum atomic E-state index is 12.8. The highest BCUT2D eigenvalue weighted by molar-refractivity contribution is 6.06. The minimum absolute atomic E-state index is 0. The summed E-state index contributed by atoms with van der Waals surface area (Å²) in [6.45, 7) is 0.0492. The summed E-state index contributed by atoms with van der Waals surface area (Å²) in [4.78, 5) is 54.6. The molecule has 9 nitrogen and oxygen atoms in total. The Bertz CT molecular complexity index is 1440. The number of carbonyl (C=O) groups excluding carboxylic acids is 3. The number of aromatic nitrogens is 2. The molecule has 0 aliphatic heterocycles. The van der Waals surface area contributed by atoms with E-state index in [0.717, 1.165) is 5.39 Å². The van der Waals surface area contributed by atoms with Crippen LogP contribution in [0.5, 0.6) is 0 Å². The molecule has 0 saturated heterocycles. The second kappa shape index (κ2) is 10.3. The van der Waals surface area contributed by atoms with Crippen LogP contribution < -0.4 is 16.1 Å². The summed E-state index contributed by atoms with van der Waals surface area (Å²) in [5, 5.41) is 6.72. The second-order valence-electron chi connectivity index (χ2n) is 7.66. The molecule has 0 atom stereocenters. The van der Waals surface area contributed by atoms with E-state index in [-0.39, 0.29) is 48.3 Å². The van der Waals surface area contributed by atoms with Crippen LogP contribution in [-0.2, 0) is 4.79 Å². The van der Waals surface area contributed by atoms with Gasteiger partial charge in [0.05, 0.1) is 12.1 Å². The van der Waals surface area contributed by atoms with Gasteiger partial charge in [0, 0.05) is 41.4 Å². The van der Waals surface area contributed by atoms with E-state index in [1.807, 2.05) is 0 Å². The first-order chi connectivity index (χ1) is 15.9. The van der Waals surface area contributed by atoms with Crippen LogP contribution in [0.25, 0.3) is 21.8 Å². The van der Waals surface area contributed by atoms with Crippen molar-refractivity contribution in [2.75, 3.05) is 32.5 Å². The summed E-state index contributed by atoms with van der Waals surface area (Å²) in [6, 6.07) is 13.9. The summed E-state index contributed by atoms with van der Waals surface area (Å²) in [5.74, 6) is -1.04. The van der Waals surface area contributed by atoms with Crippen molar-refractivity contribution in [3.63, 3.8) is 0 Å². The average molecular weight is 482 g/mol. The van der Waals surface area contributed by atoms with Gasteiger partial charge in [-0.1, -0.05) is 18.2 Å². The highest BCUT2D eigenvalue weighted by Crippen LogP contribution is 2.21. The lowest BCUT2D eigenvalue weighted by atomic mass is 10.1. The van der Waals surface area contributed by atoms with Crippen molar-refractivity contribution >= 4 is 57.6 Å². The lowest BCUT2D eigenvalue weighted by molar-refractivity contribution is -0.128. The van der Waals surface area contributed by atoms with Crippen molar-refractivity contribution in [3.05, 3.63) is 76.7 Å². The molecule has 34 heavy (non-hydrogen) atoms. The van der Waals surface area contributed by atoms with E-state index in [1.165, 1.54) is 15.7 Å². The van der Waals surface area contributed by atoms with Gasteiger partial charge in [-0.2, -0.15) is 0 Å². The Kier molecular flexibility index (Phi) is 7.50. The monoisotopic (exact) mass is 481 g/mol. The van der Waals surface area contributed by atoms with E-state index < -0.39 is 5.91 Å². The second-order valence-corrected chi connectivity index (χ2v) is 7.66. The van der Waals surface area contributed by atoms with Gasteiger partial charge in [0.25, 0.3) is 11.8 Å². The molecule has 2 amide bonds. The number of benzene rings is 2. The normalized spacial score (nSPS) is 10.6. The van der Waals surface area contributed by atoms with Crippen molar-refractivity contribution < 1.29 is 14.4 Å². The molecule has 0 bridgehead atoms. The summed E-state index contributed by atoms with van der Waals surface area (Å²) < 4.78 is 1.44. The number of nitrogens with zero attached hydrogens (tertiary/aromatic N) is 2. The fourth-order valence-corrected chi connectivity index (χ4v) is 3.61. The summed E-state index contributed by atoms with van der Waals surface area (Å²) in [6.07, 6.45) is 3.02. The molecule has 4 aromatic rings. The molecule has 3 N–H and O–H groups in total. The quantitative estimate of drug-likeness (QED) is 0.391. The number of para-hydroxylation sites is 1. The molecule has 0 aliphatic rings. The van der Waals surface area contributed by atoms with Crippen LogP contribution in [0.1, 0.15) is 15.2 Å². The molecule has 0 radical (unpaired) electrons. The number of amides is 2. The lowest BCUT2D eigenvalue weighted by Crippen LogP contribution is -2.38. The number of pyridine rings is 1. The Morgan fingerprint density at radius 2 is 1.85 bits per heavy atom. The first-order valence-corrected chi connectivity index (χ1v) is 10.3. The number of H-pyrrole nitrogens is 1. The zero-order chi connectivity index (χ0) is 23.5. The summed E-state index contributed by atoms with van der Waals surface area (Å²) in [7, 11) is 3.23. The standard InChI is InChI=1S/C24H23N5O4.ClH/c1-25-13-21(30)28(2)14-22(31)29-10-9-15-7-8-16(11-20(15)29)27-24(33)18-12-26-19-6-4-3-5-17(19)23(18)32;/h3-12,25H,13-14H2,1-2H3,(H,26,32)(H,27,33);1H. The first kappa shape index (κ1) is 24.7. The van der Waals surface area contributed by atoms with Gasteiger partial charge in [0.2, 0.25) is 11.3 Å². The molecule has 2 aromatic carbocycles. The Balaban J connectivity index is 0.00000324. The maximum Gasteiger partial charge on any atom is 0.261 e. The fraction of sp³-hybridized carbons (Fsp3) is 0.167. The molecule has 0 fully saturated rings. The van der Waals surface area contributed by atoms with Crippen LogP contribution >= 0.6 is 12.4 Å².